The second-order valence-electron chi connectivity index (χ2n) is 6.76. The number of nitrogens with one attached hydrogen (secondary N) is 1. The number of pyridine rings is 1. The number of Topliss-reactive ketones (excluding diaryl/α,β-unsaturated/α-hetero) is 1. The van der Waals surface area contributed by atoms with Gasteiger partial charge in [-0.2, -0.15) is 0 Å². The van der Waals surface area contributed by atoms with E-state index < -0.39 is 23.7 Å². The van der Waals surface area contributed by atoms with Gasteiger partial charge in [-0.1, -0.05) is 23.7 Å². The maximum Gasteiger partial charge on any atom is 0.253 e. The van der Waals surface area contributed by atoms with Crippen LogP contribution in [-0.4, -0.2) is 33.5 Å². The number of amides is 1. The molecule has 2 N–H and O–H groups in total. The maximum atomic E-state index is 12.7. The van der Waals surface area contributed by atoms with Gasteiger partial charge in [0.05, 0.1) is 16.6 Å². The molecule has 1 aliphatic rings. The molecule has 6 nitrogen and oxygen atoms in total. The van der Waals surface area contributed by atoms with E-state index in [4.69, 9.17) is 16.3 Å². The number of fused-ring (bicyclic) bond motifs is 1. The van der Waals surface area contributed by atoms with Crippen molar-refractivity contribution in [3.05, 3.63) is 58.2 Å². The van der Waals surface area contributed by atoms with Crippen molar-refractivity contribution in [3.8, 4) is 5.88 Å². The lowest BCUT2D eigenvalue weighted by Crippen LogP contribution is -2.53. The lowest BCUT2D eigenvalue weighted by Gasteiger charge is -2.41. The molecule has 7 heteroatoms. The molecule has 136 valence electrons. The third-order valence-electron chi connectivity index (χ3n) is 4.41. The molecule has 1 aliphatic heterocycles. The lowest BCUT2D eigenvalue weighted by atomic mass is 9.87. The van der Waals surface area contributed by atoms with E-state index in [1.807, 2.05) is 0 Å². The van der Waals surface area contributed by atoms with E-state index in [1.165, 1.54) is 13.1 Å². The number of hydrogen-bond acceptors (Lipinski definition) is 5. The van der Waals surface area contributed by atoms with Crippen molar-refractivity contribution in [2.45, 2.75) is 38.5 Å². The van der Waals surface area contributed by atoms with Crippen LogP contribution in [-0.2, 0) is 0 Å². The zero-order valence-electron chi connectivity index (χ0n) is 14.6. The summed E-state index contributed by atoms with van der Waals surface area (Å²) in [6, 6.07) is 7.42. The third kappa shape index (κ3) is 3.30. The minimum atomic E-state index is -1.05. The molecular weight excluding hydrogens is 356 g/mol. The van der Waals surface area contributed by atoms with Gasteiger partial charge in [-0.15, -0.1) is 0 Å². The van der Waals surface area contributed by atoms with E-state index >= 15 is 0 Å². The van der Waals surface area contributed by atoms with Crippen LogP contribution < -0.4 is 10.1 Å². The monoisotopic (exact) mass is 374 g/mol. The second-order valence-corrected chi connectivity index (χ2v) is 7.16. The Bertz CT molecular complexity index is 882. The van der Waals surface area contributed by atoms with Crippen molar-refractivity contribution in [2.24, 2.45) is 0 Å². The summed E-state index contributed by atoms with van der Waals surface area (Å²) in [4.78, 5) is 28.6. The second kappa shape index (κ2) is 6.70. The molecule has 1 amide bonds. The Balaban J connectivity index is 2.02. The van der Waals surface area contributed by atoms with Gasteiger partial charge >= 0.3 is 0 Å². The molecule has 2 heterocycles. The van der Waals surface area contributed by atoms with E-state index in [-0.39, 0.29) is 11.7 Å². The van der Waals surface area contributed by atoms with Crippen molar-refractivity contribution in [1.82, 2.24) is 10.3 Å². The lowest BCUT2D eigenvalue weighted by molar-refractivity contribution is -0.0656. The van der Waals surface area contributed by atoms with Gasteiger partial charge in [0.25, 0.3) is 5.91 Å². The number of nitrogens with zero attached hydrogens (tertiary/aromatic N) is 1. The smallest absolute Gasteiger partial charge is 0.253 e. The molecule has 0 radical (unpaired) electrons. The summed E-state index contributed by atoms with van der Waals surface area (Å²) in [5, 5.41) is 13.9. The Kier molecular flexibility index (Phi) is 4.73. The van der Waals surface area contributed by atoms with Crippen molar-refractivity contribution < 1.29 is 19.4 Å². The van der Waals surface area contributed by atoms with Gasteiger partial charge in [-0.25, -0.2) is 4.98 Å². The molecule has 0 aliphatic carbocycles. The summed E-state index contributed by atoms with van der Waals surface area (Å²) in [7, 11) is 0. The van der Waals surface area contributed by atoms with E-state index in [0.717, 1.165) is 0 Å². The molecule has 2 aromatic rings. The summed E-state index contributed by atoms with van der Waals surface area (Å²) >= 11 is 6.09. The Hall–Kier alpha value is -2.44. The number of aliphatic hydroxyl groups excluding tert-OH is 1. The topological polar surface area (TPSA) is 88.5 Å². The van der Waals surface area contributed by atoms with Crippen LogP contribution in [0.1, 0.15) is 53.1 Å². The number of halogens is 1. The minimum absolute atomic E-state index is 0.171. The number of carbonyl (C=O) groups is 2. The minimum Gasteiger partial charge on any atom is -0.469 e. The predicted octanol–water partition coefficient (Wildman–Crippen LogP) is 2.94. The highest BCUT2D eigenvalue weighted by molar-refractivity contribution is 6.33. The van der Waals surface area contributed by atoms with Gasteiger partial charge in [0.1, 0.15) is 11.7 Å². The van der Waals surface area contributed by atoms with E-state index in [0.29, 0.717) is 21.7 Å². The molecule has 0 spiro atoms. The van der Waals surface area contributed by atoms with E-state index in [2.05, 4.69) is 10.3 Å². The first-order valence-corrected chi connectivity index (χ1v) is 8.52. The van der Waals surface area contributed by atoms with Crippen molar-refractivity contribution in [3.63, 3.8) is 0 Å². The average molecular weight is 375 g/mol. The average Bonchev–Trinajstić information content (AvgIpc) is 2.58. The van der Waals surface area contributed by atoms with Crippen molar-refractivity contribution in [1.29, 1.82) is 0 Å². The number of carbonyl (C=O) groups excluding carboxylic acids is 2. The van der Waals surface area contributed by atoms with E-state index in [1.54, 1.807) is 44.2 Å². The number of aromatic nitrogens is 1. The fourth-order valence-corrected chi connectivity index (χ4v) is 3.09. The molecule has 2 atom stereocenters. The van der Waals surface area contributed by atoms with Crippen LogP contribution in [0.25, 0.3) is 0 Å². The van der Waals surface area contributed by atoms with Crippen molar-refractivity contribution in [2.75, 3.05) is 0 Å². The number of aliphatic hydroxyl groups is 1. The van der Waals surface area contributed by atoms with Gasteiger partial charge < -0.3 is 15.2 Å². The molecule has 3 rings (SSSR count). The molecule has 0 fully saturated rings. The van der Waals surface area contributed by atoms with Gasteiger partial charge in [0.15, 0.2) is 5.78 Å². The highest BCUT2D eigenvalue weighted by atomic mass is 35.5. The Morgan fingerprint density at radius 2 is 2.00 bits per heavy atom. The van der Waals surface area contributed by atoms with E-state index in [9.17, 15) is 14.7 Å². The first-order valence-electron chi connectivity index (χ1n) is 8.14. The number of benzene rings is 1. The summed E-state index contributed by atoms with van der Waals surface area (Å²) in [6.07, 6.45) is 0.368. The third-order valence-corrected chi connectivity index (χ3v) is 4.74. The number of hydrogen-bond donors (Lipinski definition) is 2. The van der Waals surface area contributed by atoms with Crippen LogP contribution in [0.3, 0.4) is 0 Å². The van der Waals surface area contributed by atoms with Gasteiger partial charge in [0.2, 0.25) is 5.88 Å². The first kappa shape index (κ1) is 18.4. The highest BCUT2D eigenvalue weighted by Crippen LogP contribution is 2.39. The van der Waals surface area contributed by atoms with Gasteiger partial charge in [-0.05, 0) is 39.0 Å². The van der Waals surface area contributed by atoms with Gasteiger partial charge in [0, 0.05) is 17.3 Å². The molecule has 0 saturated carbocycles. The number of ketones is 1. The molecule has 1 aromatic heterocycles. The maximum absolute atomic E-state index is 12.7. The van der Waals surface area contributed by atoms with Crippen LogP contribution in [0.5, 0.6) is 5.88 Å². The predicted molar refractivity (Wildman–Crippen MR) is 96.6 cm³/mol. The standard InChI is InChI=1S/C19H19ClN2O4/c1-10(23)11-8-13-15(16(24)19(2,3)26-18(13)21-9-11)22-17(25)12-6-4-5-7-14(12)20/h4-9,15-16,24H,1-3H3,(H,22,25). The highest BCUT2D eigenvalue weighted by Gasteiger charge is 2.44. The van der Waals surface area contributed by atoms with Crippen LogP contribution in [0, 0.1) is 0 Å². The van der Waals surface area contributed by atoms with Crippen LogP contribution >= 0.6 is 11.6 Å². The number of rotatable bonds is 3. The zero-order valence-corrected chi connectivity index (χ0v) is 15.4. The molecule has 1 aromatic carbocycles. The summed E-state index contributed by atoms with van der Waals surface area (Å²) in [5.41, 5.74) is 0.139. The summed E-state index contributed by atoms with van der Waals surface area (Å²) in [6.45, 7) is 4.83. The molecule has 0 bridgehead atoms. The molecular formula is C19H19ClN2O4. The summed E-state index contributed by atoms with van der Waals surface area (Å²) < 4.78 is 5.76. The van der Waals surface area contributed by atoms with Crippen LogP contribution in [0.4, 0.5) is 0 Å². The van der Waals surface area contributed by atoms with Crippen LogP contribution in [0.2, 0.25) is 5.02 Å². The molecule has 2 unspecified atom stereocenters. The largest absolute Gasteiger partial charge is 0.469 e. The Morgan fingerprint density at radius 1 is 1.31 bits per heavy atom. The normalized spacial score (nSPS) is 20.7. The Labute approximate surface area is 156 Å². The van der Waals surface area contributed by atoms with Gasteiger partial charge in [-0.3, -0.25) is 9.59 Å². The number of ether oxygens (including phenoxy) is 1. The fourth-order valence-electron chi connectivity index (χ4n) is 2.87. The quantitative estimate of drug-likeness (QED) is 0.806. The SMILES string of the molecule is CC(=O)c1cnc2c(c1)C(NC(=O)c1ccccc1Cl)C(O)C(C)(C)O2. The molecule has 26 heavy (non-hydrogen) atoms. The first-order chi connectivity index (χ1) is 12.2. The zero-order chi connectivity index (χ0) is 19.1. The van der Waals surface area contributed by atoms with Crippen molar-refractivity contribution >= 4 is 23.3 Å². The Morgan fingerprint density at radius 3 is 2.65 bits per heavy atom. The molecule has 0 saturated heterocycles. The fraction of sp³-hybridized carbons (Fsp3) is 0.316. The van der Waals surface area contributed by atoms with Crippen LogP contribution in [0.15, 0.2) is 36.5 Å². The summed E-state index contributed by atoms with van der Waals surface area (Å²) in [5.74, 6) is -0.331.